The molecule has 1 amide bonds. The molecule has 0 aliphatic heterocycles. The van der Waals surface area contributed by atoms with E-state index in [1.165, 1.54) is 5.56 Å². The summed E-state index contributed by atoms with van der Waals surface area (Å²) in [4.78, 5) is 12.3. The quantitative estimate of drug-likeness (QED) is 0.858. The fourth-order valence-corrected chi connectivity index (χ4v) is 2.40. The molecule has 2 aromatic rings. The number of hydrogen-bond acceptors (Lipinski definition) is 2. The predicted octanol–water partition coefficient (Wildman–Crippen LogP) is 4.98. The number of aryl methyl sites for hydroxylation is 4. The van der Waals surface area contributed by atoms with Crippen LogP contribution in [0.15, 0.2) is 30.3 Å². The van der Waals surface area contributed by atoms with Gasteiger partial charge in [0.15, 0.2) is 6.10 Å². The largest absolute Gasteiger partial charge is 0.481 e. The fourth-order valence-electron chi connectivity index (χ4n) is 2.29. The van der Waals surface area contributed by atoms with E-state index in [4.69, 9.17) is 16.3 Å². The lowest BCUT2D eigenvalue weighted by Gasteiger charge is -2.16. The van der Waals surface area contributed by atoms with E-state index >= 15 is 0 Å². The molecule has 4 heteroatoms. The Balaban J connectivity index is 2.06. The van der Waals surface area contributed by atoms with E-state index in [1.807, 2.05) is 58.0 Å². The number of halogens is 1. The second kappa shape index (κ2) is 7.05. The number of nitrogens with one attached hydrogen (secondary N) is 1. The predicted molar refractivity (Wildman–Crippen MR) is 95.6 cm³/mol. The Labute approximate surface area is 142 Å². The van der Waals surface area contributed by atoms with Crippen molar-refractivity contribution in [2.24, 2.45) is 0 Å². The number of ether oxygens (including phenoxy) is 1. The number of anilines is 1. The number of carbonyl (C=O) groups is 1. The summed E-state index contributed by atoms with van der Waals surface area (Å²) in [6, 6.07) is 9.52. The molecule has 0 saturated heterocycles. The van der Waals surface area contributed by atoms with Crippen molar-refractivity contribution in [3.63, 3.8) is 0 Å². The Hall–Kier alpha value is -2.00. The summed E-state index contributed by atoms with van der Waals surface area (Å²) in [5.41, 5.74) is 4.98. The van der Waals surface area contributed by atoms with Crippen LogP contribution in [0, 0.1) is 27.7 Å². The monoisotopic (exact) mass is 331 g/mol. The smallest absolute Gasteiger partial charge is 0.265 e. The van der Waals surface area contributed by atoms with E-state index < -0.39 is 6.10 Å². The van der Waals surface area contributed by atoms with Crippen molar-refractivity contribution < 1.29 is 9.53 Å². The summed E-state index contributed by atoms with van der Waals surface area (Å²) in [6.07, 6.45) is -0.600. The average molecular weight is 332 g/mol. The van der Waals surface area contributed by atoms with Gasteiger partial charge in [-0.3, -0.25) is 4.79 Å². The number of carbonyl (C=O) groups excluding carboxylic acids is 1. The highest BCUT2D eigenvalue weighted by Gasteiger charge is 2.16. The molecule has 23 heavy (non-hydrogen) atoms. The summed E-state index contributed by atoms with van der Waals surface area (Å²) in [5.74, 6) is 0.464. The van der Waals surface area contributed by atoms with Crippen molar-refractivity contribution in [2.75, 3.05) is 5.32 Å². The Kier molecular flexibility index (Phi) is 5.32. The van der Waals surface area contributed by atoms with Gasteiger partial charge < -0.3 is 10.1 Å². The van der Waals surface area contributed by atoms with E-state index in [0.29, 0.717) is 5.75 Å². The van der Waals surface area contributed by atoms with Crippen molar-refractivity contribution in [3.05, 3.63) is 57.6 Å². The van der Waals surface area contributed by atoms with Gasteiger partial charge in [0.2, 0.25) is 0 Å². The SMILES string of the molecule is Cc1ccc(NC(=O)[C@H](C)Oc2cc(C)c(Cl)c(C)c2)cc1C. The molecular weight excluding hydrogens is 310 g/mol. The zero-order valence-corrected chi connectivity index (χ0v) is 14.9. The first-order valence-electron chi connectivity index (χ1n) is 7.59. The molecule has 0 radical (unpaired) electrons. The lowest BCUT2D eigenvalue weighted by Crippen LogP contribution is -2.30. The van der Waals surface area contributed by atoms with Crippen LogP contribution >= 0.6 is 11.6 Å². The van der Waals surface area contributed by atoms with E-state index in [1.54, 1.807) is 6.92 Å². The number of hydrogen-bond donors (Lipinski definition) is 1. The minimum absolute atomic E-state index is 0.182. The summed E-state index contributed by atoms with van der Waals surface area (Å²) >= 11 is 6.15. The molecule has 0 aliphatic carbocycles. The second-order valence-electron chi connectivity index (χ2n) is 5.92. The molecule has 1 atom stereocenters. The number of amides is 1. The van der Waals surface area contributed by atoms with Crippen LogP contribution in [0.25, 0.3) is 0 Å². The van der Waals surface area contributed by atoms with Gasteiger partial charge in [0.1, 0.15) is 5.75 Å². The zero-order valence-electron chi connectivity index (χ0n) is 14.2. The maximum atomic E-state index is 12.3. The van der Waals surface area contributed by atoms with E-state index in [0.717, 1.165) is 27.4 Å². The molecule has 0 aromatic heterocycles. The third-order valence-corrected chi connectivity index (χ3v) is 4.46. The first kappa shape index (κ1) is 17.4. The molecule has 2 aromatic carbocycles. The van der Waals surface area contributed by atoms with Crippen LogP contribution in [0.2, 0.25) is 5.02 Å². The zero-order chi connectivity index (χ0) is 17.1. The van der Waals surface area contributed by atoms with Gasteiger partial charge in [0.25, 0.3) is 5.91 Å². The van der Waals surface area contributed by atoms with E-state index in [9.17, 15) is 4.79 Å². The highest BCUT2D eigenvalue weighted by atomic mass is 35.5. The van der Waals surface area contributed by atoms with Crippen molar-refractivity contribution >= 4 is 23.2 Å². The van der Waals surface area contributed by atoms with Gasteiger partial charge in [0, 0.05) is 10.7 Å². The van der Waals surface area contributed by atoms with Gasteiger partial charge in [-0.05, 0) is 81.1 Å². The standard InChI is InChI=1S/C19H22ClNO2/c1-11-6-7-16(8-12(11)2)21-19(22)15(5)23-17-9-13(3)18(20)14(4)10-17/h6-10,15H,1-5H3,(H,21,22)/t15-/m0/s1. The first-order valence-corrected chi connectivity index (χ1v) is 7.97. The molecule has 0 unspecified atom stereocenters. The van der Waals surface area contributed by atoms with Gasteiger partial charge in [-0.2, -0.15) is 0 Å². The third kappa shape index (κ3) is 4.26. The van der Waals surface area contributed by atoms with E-state index in [2.05, 4.69) is 5.32 Å². The van der Waals surface area contributed by atoms with Crippen molar-refractivity contribution in [1.29, 1.82) is 0 Å². The Bertz CT molecular complexity index is 717. The van der Waals surface area contributed by atoms with Gasteiger partial charge >= 0.3 is 0 Å². The molecule has 1 N–H and O–H groups in total. The first-order chi connectivity index (χ1) is 10.8. The van der Waals surface area contributed by atoms with Crippen LogP contribution in [0.3, 0.4) is 0 Å². The van der Waals surface area contributed by atoms with Crippen LogP contribution in [0.1, 0.15) is 29.2 Å². The lowest BCUT2D eigenvalue weighted by atomic mass is 10.1. The van der Waals surface area contributed by atoms with Crippen LogP contribution in [-0.4, -0.2) is 12.0 Å². The van der Waals surface area contributed by atoms with Gasteiger partial charge in [-0.25, -0.2) is 0 Å². The van der Waals surface area contributed by atoms with Gasteiger partial charge in [0.05, 0.1) is 0 Å². The molecule has 3 nitrogen and oxygen atoms in total. The summed E-state index contributed by atoms with van der Waals surface area (Å²) in [7, 11) is 0. The van der Waals surface area contributed by atoms with Crippen LogP contribution in [0.4, 0.5) is 5.69 Å². The molecule has 0 aliphatic rings. The molecule has 0 spiro atoms. The molecule has 2 rings (SSSR count). The van der Waals surface area contributed by atoms with Crippen LogP contribution in [-0.2, 0) is 4.79 Å². The molecular formula is C19H22ClNO2. The second-order valence-corrected chi connectivity index (χ2v) is 6.30. The third-order valence-electron chi connectivity index (χ3n) is 3.87. The molecule has 0 bridgehead atoms. The normalized spacial score (nSPS) is 11.9. The summed E-state index contributed by atoms with van der Waals surface area (Å²) in [5, 5.41) is 3.61. The van der Waals surface area contributed by atoms with Gasteiger partial charge in [-0.15, -0.1) is 0 Å². The minimum atomic E-state index is -0.600. The Morgan fingerprint density at radius 2 is 1.61 bits per heavy atom. The fraction of sp³-hybridized carbons (Fsp3) is 0.316. The van der Waals surface area contributed by atoms with Crippen molar-refractivity contribution in [2.45, 2.75) is 40.7 Å². The molecule has 122 valence electrons. The maximum Gasteiger partial charge on any atom is 0.265 e. The Morgan fingerprint density at radius 3 is 2.17 bits per heavy atom. The van der Waals surface area contributed by atoms with Crippen LogP contribution in [0.5, 0.6) is 5.75 Å². The number of benzene rings is 2. The average Bonchev–Trinajstić information content (AvgIpc) is 2.48. The highest BCUT2D eigenvalue weighted by molar-refractivity contribution is 6.32. The maximum absolute atomic E-state index is 12.3. The summed E-state index contributed by atoms with van der Waals surface area (Å²) in [6.45, 7) is 9.63. The topological polar surface area (TPSA) is 38.3 Å². The molecule has 0 heterocycles. The Morgan fingerprint density at radius 1 is 1.00 bits per heavy atom. The minimum Gasteiger partial charge on any atom is -0.481 e. The van der Waals surface area contributed by atoms with Gasteiger partial charge in [-0.1, -0.05) is 17.7 Å². The summed E-state index contributed by atoms with van der Waals surface area (Å²) < 4.78 is 5.75. The molecule has 0 fully saturated rings. The van der Waals surface area contributed by atoms with Crippen LogP contribution < -0.4 is 10.1 Å². The highest BCUT2D eigenvalue weighted by Crippen LogP contribution is 2.26. The van der Waals surface area contributed by atoms with Crippen molar-refractivity contribution in [1.82, 2.24) is 0 Å². The number of rotatable bonds is 4. The lowest BCUT2D eigenvalue weighted by molar-refractivity contribution is -0.122. The molecule has 0 saturated carbocycles. The van der Waals surface area contributed by atoms with Crippen molar-refractivity contribution in [3.8, 4) is 5.75 Å². The van der Waals surface area contributed by atoms with E-state index in [-0.39, 0.29) is 5.91 Å².